The van der Waals surface area contributed by atoms with Crippen molar-refractivity contribution < 1.29 is 22.3 Å². The van der Waals surface area contributed by atoms with Crippen LogP contribution < -0.4 is 4.74 Å². The van der Waals surface area contributed by atoms with Gasteiger partial charge in [0.15, 0.2) is 35.1 Å². The fraction of sp³-hybridized carbons (Fsp3) is 0.176. The molecule has 9 heteroatoms. The summed E-state index contributed by atoms with van der Waals surface area (Å²) in [6.45, 7) is 1.50. The van der Waals surface area contributed by atoms with Gasteiger partial charge in [0, 0.05) is 24.7 Å². The van der Waals surface area contributed by atoms with Crippen LogP contribution in [0.2, 0.25) is 5.02 Å². The van der Waals surface area contributed by atoms with Crippen molar-refractivity contribution in [1.29, 1.82) is 0 Å². The Hall–Kier alpha value is -2.61. The predicted molar refractivity (Wildman–Crippen MR) is 86.8 cm³/mol. The van der Waals surface area contributed by atoms with E-state index in [1.807, 2.05) is 0 Å². The minimum Gasteiger partial charge on any atom is -0.477 e. The maximum Gasteiger partial charge on any atom is 0.191 e. The zero-order chi connectivity index (χ0) is 19.0. The predicted octanol–water partition coefficient (Wildman–Crippen LogP) is 4.83. The summed E-state index contributed by atoms with van der Waals surface area (Å²) >= 11 is 6.02. The first-order chi connectivity index (χ1) is 12.3. The second-order valence-corrected chi connectivity index (χ2v) is 5.93. The van der Waals surface area contributed by atoms with E-state index in [4.69, 9.17) is 16.3 Å². The number of rotatable bonds is 4. The van der Waals surface area contributed by atoms with Gasteiger partial charge in [0.25, 0.3) is 0 Å². The molecule has 0 aliphatic rings. The standard InChI is InChI=1S/C17H12ClF4N3O/c1-8(26-15-13(21)6-10(20)7-14(15)22)16-23-24-17(25(16)2)11-4-3-9(19)5-12(11)18/h3-8H,1-2H3/t8-/m0/s1. The summed E-state index contributed by atoms with van der Waals surface area (Å²) in [6, 6.07) is 4.83. The van der Waals surface area contributed by atoms with Crippen LogP contribution in [0.4, 0.5) is 17.6 Å². The Bertz CT molecular complexity index is 954. The molecule has 0 bridgehead atoms. The van der Waals surface area contributed by atoms with Crippen LogP contribution in [0.3, 0.4) is 0 Å². The van der Waals surface area contributed by atoms with Crippen LogP contribution in [0.15, 0.2) is 30.3 Å². The largest absolute Gasteiger partial charge is 0.477 e. The molecule has 0 aliphatic carbocycles. The first kappa shape index (κ1) is 18.2. The minimum absolute atomic E-state index is 0.135. The Labute approximate surface area is 151 Å². The summed E-state index contributed by atoms with van der Waals surface area (Å²) in [6.07, 6.45) is -0.907. The number of nitrogens with zero attached hydrogens (tertiary/aromatic N) is 3. The third-order valence-electron chi connectivity index (χ3n) is 3.70. The Kier molecular flexibility index (Phi) is 4.86. The van der Waals surface area contributed by atoms with Crippen LogP contribution >= 0.6 is 11.6 Å². The van der Waals surface area contributed by atoms with Crippen LogP contribution in [-0.2, 0) is 7.05 Å². The first-order valence-corrected chi connectivity index (χ1v) is 7.81. The Morgan fingerprint density at radius 3 is 2.27 bits per heavy atom. The molecule has 0 radical (unpaired) electrons. The van der Waals surface area contributed by atoms with E-state index in [1.54, 1.807) is 7.05 Å². The van der Waals surface area contributed by atoms with Crippen molar-refractivity contribution in [1.82, 2.24) is 14.8 Å². The smallest absolute Gasteiger partial charge is 0.191 e. The van der Waals surface area contributed by atoms with Gasteiger partial charge in [-0.15, -0.1) is 10.2 Å². The van der Waals surface area contributed by atoms with Crippen LogP contribution in [0.5, 0.6) is 5.75 Å². The highest BCUT2D eigenvalue weighted by Crippen LogP contribution is 2.31. The molecule has 0 N–H and O–H groups in total. The molecule has 0 amide bonds. The van der Waals surface area contributed by atoms with Crippen molar-refractivity contribution in [2.45, 2.75) is 13.0 Å². The fourth-order valence-electron chi connectivity index (χ4n) is 2.47. The Morgan fingerprint density at radius 2 is 1.65 bits per heavy atom. The molecule has 1 aromatic heterocycles. The zero-order valence-corrected chi connectivity index (χ0v) is 14.4. The lowest BCUT2D eigenvalue weighted by molar-refractivity contribution is 0.192. The summed E-state index contributed by atoms with van der Waals surface area (Å²) in [5.74, 6) is -4.05. The maximum absolute atomic E-state index is 13.7. The molecular weight excluding hydrogens is 374 g/mol. The van der Waals surface area contributed by atoms with E-state index in [1.165, 1.54) is 23.6 Å². The lowest BCUT2D eigenvalue weighted by Gasteiger charge is -2.15. The van der Waals surface area contributed by atoms with E-state index in [0.29, 0.717) is 23.5 Å². The van der Waals surface area contributed by atoms with E-state index in [2.05, 4.69) is 10.2 Å². The highest BCUT2D eigenvalue weighted by atomic mass is 35.5. The highest BCUT2D eigenvalue weighted by molar-refractivity contribution is 6.33. The molecule has 1 atom stereocenters. The number of hydrogen-bond acceptors (Lipinski definition) is 3. The van der Waals surface area contributed by atoms with Crippen LogP contribution in [-0.4, -0.2) is 14.8 Å². The number of benzene rings is 2. The average Bonchev–Trinajstić information content (AvgIpc) is 2.92. The molecule has 0 saturated heterocycles. The van der Waals surface area contributed by atoms with E-state index in [0.717, 1.165) is 6.07 Å². The van der Waals surface area contributed by atoms with Gasteiger partial charge in [0.1, 0.15) is 11.6 Å². The van der Waals surface area contributed by atoms with Crippen molar-refractivity contribution in [2.24, 2.45) is 7.05 Å². The summed E-state index contributed by atoms with van der Waals surface area (Å²) < 4.78 is 60.4. The van der Waals surface area contributed by atoms with Gasteiger partial charge >= 0.3 is 0 Å². The van der Waals surface area contributed by atoms with Crippen LogP contribution in [0.25, 0.3) is 11.4 Å². The third-order valence-corrected chi connectivity index (χ3v) is 4.01. The van der Waals surface area contributed by atoms with E-state index < -0.39 is 35.1 Å². The molecule has 0 saturated carbocycles. The molecule has 136 valence electrons. The van der Waals surface area contributed by atoms with E-state index in [9.17, 15) is 17.6 Å². The number of aromatic nitrogens is 3. The number of halogens is 5. The molecule has 3 aromatic rings. The van der Waals surface area contributed by atoms with Gasteiger partial charge in [-0.3, -0.25) is 0 Å². The third kappa shape index (κ3) is 3.37. The van der Waals surface area contributed by atoms with Crippen molar-refractivity contribution in [3.63, 3.8) is 0 Å². The van der Waals surface area contributed by atoms with Crippen LogP contribution in [0, 0.1) is 23.3 Å². The molecule has 26 heavy (non-hydrogen) atoms. The SMILES string of the molecule is C[C@H](Oc1c(F)cc(F)cc1F)c1nnc(-c2ccc(F)cc2Cl)n1C. The fourth-order valence-corrected chi connectivity index (χ4v) is 2.72. The topological polar surface area (TPSA) is 39.9 Å². The molecule has 3 rings (SSSR count). The molecule has 0 unspecified atom stereocenters. The summed E-state index contributed by atoms with van der Waals surface area (Å²) in [5, 5.41) is 8.06. The van der Waals surface area contributed by atoms with E-state index >= 15 is 0 Å². The van der Waals surface area contributed by atoms with Gasteiger partial charge in [-0.25, -0.2) is 17.6 Å². The zero-order valence-electron chi connectivity index (χ0n) is 13.6. The molecule has 1 heterocycles. The molecule has 4 nitrogen and oxygen atoms in total. The second-order valence-electron chi connectivity index (χ2n) is 5.52. The van der Waals surface area contributed by atoms with Crippen LogP contribution in [0.1, 0.15) is 18.9 Å². The van der Waals surface area contributed by atoms with Gasteiger partial charge in [0.05, 0.1) is 5.02 Å². The van der Waals surface area contributed by atoms with Crippen molar-refractivity contribution in [2.75, 3.05) is 0 Å². The molecule has 0 spiro atoms. The number of hydrogen-bond donors (Lipinski definition) is 0. The molecule has 2 aromatic carbocycles. The lowest BCUT2D eigenvalue weighted by Crippen LogP contribution is -2.12. The quantitative estimate of drug-likeness (QED) is 0.604. The molecular formula is C17H12ClF4N3O. The lowest BCUT2D eigenvalue weighted by atomic mass is 10.2. The minimum atomic E-state index is -1.17. The monoisotopic (exact) mass is 385 g/mol. The van der Waals surface area contributed by atoms with Crippen molar-refractivity contribution >= 4 is 11.6 Å². The second kappa shape index (κ2) is 6.95. The van der Waals surface area contributed by atoms with Gasteiger partial charge in [-0.2, -0.15) is 0 Å². The van der Waals surface area contributed by atoms with Gasteiger partial charge < -0.3 is 9.30 Å². The van der Waals surface area contributed by atoms with Crippen molar-refractivity contribution in [3.8, 4) is 17.1 Å². The summed E-state index contributed by atoms with van der Waals surface area (Å²) in [4.78, 5) is 0. The normalized spacial score (nSPS) is 12.3. The van der Waals surface area contributed by atoms with Gasteiger partial charge in [-0.05, 0) is 25.1 Å². The summed E-state index contributed by atoms with van der Waals surface area (Å²) in [5.41, 5.74) is 0.431. The van der Waals surface area contributed by atoms with Crippen molar-refractivity contribution in [3.05, 3.63) is 64.4 Å². The average molecular weight is 386 g/mol. The Morgan fingerprint density at radius 1 is 1.00 bits per heavy atom. The van der Waals surface area contributed by atoms with Gasteiger partial charge in [-0.1, -0.05) is 11.6 Å². The first-order valence-electron chi connectivity index (χ1n) is 7.44. The summed E-state index contributed by atoms with van der Waals surface area (Å²) in [7, 11) is 1.60. The highest BCUT2D eigenvalue weighted by Gasteiger charge is 2.22. The maximum atomic E-state index is 13.7. The molecule has 0 aliphatic heterocycles. The molecule has 0 fully saturated rings. The Balaban J connectivity index is 1.93. The van der Waals surface area contributed by atoms with Gasteiger partial charge in [0.2, 0.25) is 0 Å². The van der Waals surface area contributed by atoms with E-state index in [-0.39, 0.29) is 10.8 Å². The number of ether oxygens (including phenoxy) is 1.